The Bertz CT molecular complexity index is 503. The summed E-state index contributed by atoms with van der Waals surface area (Å²) in [5.74, 6) is 0. The fourth-order valence-electron chi connectivity index (χ4n) is 1.87. The predicted molar refractivity (Wildman–Crippen MR) is 75.0 cm³/mol. The summed E-state index contributed by atoms with van der Waals surface area (Å²) in [5, 5.41) is 6.21. The third-order valence-corrected chi connectivity index (χ3v) is 3.83. The van der Waals surface area contributed by atoms with Gasteiger partial charge in [0.05, 0.1) is 5.69 Å². The van der Waals surface area contributed by atoms with Crippen LogP contribution in [0.15, 0.2) is 23.6 Å². The van der Waals surface area contributed by atoms with Gasteiger partial charge in [-0.25, -0.2) is 4.98 Å². The summed E-state index contributed by atoms with van der Waals surface area (Å²) < 4.78 is 0. The molecule has 1 N–H and O–H groups in total. The lowest BCUT2D eigenvalue weighted by atomic mass is 10.0. The number of hydrogen-bond acceptors (Lipinski definition) is 3. The van der Waals surface area contributed by atoms with Crippen LogP contribution in [0.5, 0.6) is 0 Å². The molecule has 0 unspecified atom stereocenters. The van der Waals surface area contributed by atoms with Crippen molar-refractivity contribution >= 4 is 16.5 Å². The zero-order valence-corrected chi connectivity index (χ0v) is 11.4. The molecule has 2 rings (SSSR count). The zero-order chi connectivity index (χ0) is 12.3. The van der Waals surface area contributed by atoms with Crippen LogP contribution < -0.4 is 5.32 Å². The van der Waals surface area contributed by atoms with Crippen LogP contribution in [0, 0.1) is 13.8 Å². The van der Waals surface area contributed by atoms with Gasteiger partial charge in [-0.3, -0.25) is 0 Å². The highest BCUT2D eigenvalue weighted by Gasteiger charge is 2.03. The van der Waals surface area contributed by atoms with E-state index in [-0.39, 0.29) is 0 Å². The van der Waals surface area contributed by atoms with Gasteiger partial charge in [-0.2, -0.15) is 0 Å². The molecule has 0 aliphatic rings. The topological polar surface area (TPSA) is 24.9 Å². The molecular formula is C14H18N2S. The van der Waals surface area contributed by atoms with Crippen molar-refractivity contribution in [2.45, 2.75) is 26.7 Å². The molecule has 2 aromatic rings. The number of rotatable bonds is 4. The summed E-state index contributed by atoms with van der Waals surface area (Å²) in [5.41, 5.74) is 5.32. The van der Waals surface area contributed by atoms with Crippen molar-refractivity contribution in [3.8, 4) is 0 Å². The second-order valence-electron chi connectivity index (χ2n) is 4.32. The quantitative estimate of drug-likeness (QED) is 0.891. The molecule has 0 radical (unpaired) electrons. The summed E-state index contributed by atoms with van der Waals surface area (Å²) in [7, 11) is 1.91. The Kier molecular flexibility index (Phi) is 3.79. The maximum absolute atomic E-state index is 4.50. The molecule has 0 saturated carbocycles. The van der Waals surface area contributed by atoms with Crippen LogP contribution in [-0.4, -0.2) is 12.0 Å². The number of thiazole rings is 1. The maximum atomic E-state index is 4.50. The average molecular weight is 246 g/mol. The Morgan fingerprint density at radius 3 is 2.76 bits per heavy atom. The minimum atomic E-state index is 1.00. The van der Waals surface area contributed by atoms with Gasteiger partial charge in [-0.1, -0.05) is 23.8 Å². The van der Waals surface area contributed by atoms with Gasteiger partial charge in [-0.15, -0.1) is 11.3 Å². The lowest BCUT2D eigenvalue weighted by Crippen LogP contribution is -1.96. The number of aromatic nitrogens is 1. The molecule has 0 bridgehead atoms. The maximum Gasteiger partial charge on any atom is 0.182 e. The Hall–Kier alpha value is -1.35. The van der Waals surface area contributed by atoms with Gasteiger partial charge in [0, 0.05) is 12.4 Å². The molecule has 0 fully saturated rings. The lowest BCUT2D eigenvalue weighted by Gasteiger charge is -2.05. The molecule has 90 valence electrons. The first-order valence-electron chi connectivity index (χ1n) is 5.87. The van der Waals surface area contributed by atoms with Gasteiger partial charge in [0.15, 0.2) is 5.13 Å². The lowest BCUT2D eigenvalue weighted by molar-refractivity contribution is 0.916. The van der Waals surface area contributed by atoms with E-state index in [0.717, 1.165) is 18.0 Å². The number of nitrogens with zero attached hydrogens (tertiary/aromatic N) is 1. The van der Waals surface area contributed by atoms with Crippen LogP contribution >= 0.6 is 11.3 Å². The third kappa shape index (κ3) is 3.07. The van der Waals surface area contributed by atoms with Crippen LogP contribution in [0.3, 0.4) is 0 Å². The van der Waals surface area contributed by atoms with Gasteiger partial charge < -0.3 is 5.32 Å². The van der Waals surface area contributed by atoms with Gasteiger partial charge >= 0.3 is 0 Å². The zero-order valence-electron chi connectivity index (χ0n) is 10.6. The number of aryl methyl sites for hydroxylation is 4. The Morgan fingerprint density at radius 2 is 2.06 bits per heavy atom. The Morgan fingerprint density at radius 1 is 1.24 bits per heavy atom. The summed E-state index contributed by atoms with van der Waals surface area (Å²) in [4.78, 5) is 4.50. The van der Waals surface area contributed by atoms with Crippen LogP contribution in [0.25, 0.3) is 0 Å². The predicted octanol–water partition coefficient (Wildman–Crippen LogP) is 3.59. The molecule has 0 saturated heterocycles. The summed E-state index contributed by atoms with van der Waals surface area (Å²) in [6.45, 7) is 4.32. The van der Waals surface area contributed by atoms with Crippen molar-refractivity contribution in [2.24, 2.45) is 0 Å². The second-order valence-corrected chi connectivity index (χ2v) is 5.18. The van der Waals surface area contributed by atoms with Crippen molar-refractivity contribution in [2.75, 3.05) is 12.4 Å². The molecule has 0 spiro atoms. The van der Waals surface area contributed by atoms with Crippen LogP contribution in [0.1, 0.15) is 22.4 Å². The minimum absolute atomic E-state index is 1.00. The van der Waals surface area contributed by atoms with E-state index < -0.39 is 0 Å². The van der Waals surface area contributed by atoms with Crippen molar-refractivity contribution < 1.29 is 0 Å². The summed E-state index contributed by atoms with van der Waals surface area (Å²) in [6, 6.07) is 6.65. The van der Waals surface area contributed by atoms with E-state index in [9.17, 15) is 0 Å². The van der Waals surface area contributed by atoms with Gasteiger partial charge in [0.1, 0.15) is 0 Å². The highest BCUT2D eigenvalue weighted by atomic mass is 32.1. The first kappa shape index (κ1) is 12.1. The van der Waals surface area contributed by atoms with E-state index >= 15 is 0 Å². The van der Waals surface area contributed by atoms with Crippen molar-refractivity contribution in [3.05, 3.63) is 46.0 Å². The van der Waals surface area contributed by atoms with E-state index in [1.54, 1.807) is 11.3 Å². The van der Waals surface area contributed by atoms with Crippen molar-refractivity contribution in [3.63, 3.8) is 0 Å². The molecule has 1 aromatic carbocycles. The SMILES string of the molecule is CNc1nc(CCc2cc(C)ccc2C)cs1. The van der Waals surface area contributed by atoms with Gasteiger partial charge in [0.2, 0.25) is 0 Å². The fourth-order valence-corrected chi connectivity index (χ4v) is 2.57. The molecule has 3 heteroatoms. The van der Waals surface area contributed by atoms with Gasteiger partial charge in [-0.05, 0) is 37.8 Å². The molecule has 0 aliphatic heterocycles. The van der Waals surface area contributed by atoms with E-state index in [4.69, 9.17) is 0 Å². The monoisotopic (exact) mass is 246 g/mol. The molecule has 1 heterocycles. The minimum Gasteiger partial charge on any atom is -0.365 e. The number of nitrogens with one attached hydrogen (secondary N) is 1. The Balaban J connectivity index is 2.04. The van der Waals surface area contributed by atoms with E-state index in [2.05, 4.69) is 47.7 Å². The summed E-state index contributed by atoms with van der Waals surface area (Å²) in [6.07, 6.45) is 2.09. The highest BCUT2D eigenvalue weighted by Crippen LogP contribution is 2.18. The largest absolute Gasteiger partial charge is 0.365 e. The second kappa shape index (κ2) is 5.32. The number of anilines is 1. The van der Waals surface area contributed by atoms with E-state index in [1.807, 2.05) is 7.05 Å². The normalized spacial score (nSPS) is 10.5. The van der Waals surface area contributed by atoms with E-state index in [0.29, 0.717) is 0 Å². The first-order valence-corrected chi connectivity index (χ1v) is 6.75. The average Bonchev–Trinajstić information content (AvgIpc) is 2.78. The molecule has 1 aromatic heterocycles. The number of benzene rings is 1. The summed E-state index contributed by atoms with van der Waals surface area (Å²) >= 11 is 1.67. The molecule has 0 amide bonds. The molecule has 0 atom stereocenters. The first-order chi connectivity index (χ1) is 8.19. The standard InChI is InChI=1S/C14H18N2S/c1-10-4-5-11(2)12(8-10)6-7-13-9-17-14(15-3)16-13/h4-5,8-9H,6-7H2,1-3H3,(H,15,16). The third-order valence-electron chi connectivity index (χ3n) is 2.92. The molecule has 0 aliphatic carbocycles. The van der Waals surface area contributed by atoms with E-state index in [1.165, 1.54) is 22.4 Å². The van der Waals surface area contributed by atoms with Crippen LogP contribution in [0.2, 0.25) is 0 Å². The Labute approximate surface area is 107 Å². The highest BCUT2D eigenvalue weighted by molar-refractivity contribution is 7.13. The van der Waals surface area contributed by atoms with Crippen molar-refractivity contribution in [1.82, 2.24) is 4.98 Å². The molecule has 2 nitrogen and oxygen atoms in total. The van der Waals surface area contributed by atoms with Gasteiger partial charge in [0.25, 0.3) is 0 Å². The molecule has 17 heavy (non-hydrogen) atoms. The fraction of sp³-hybridized carbons (Fsp3) is 0.357. The van der Waals surface area contributed by atoms with Crippen LogP contribution in [0.4, 0.5) is 5.13 Å². The van der Waals surface area contributed by atoms with Crippen LogP contribution in [-0.2, 0) is 12.8 Å². The van der Waals surface area contributed by atoms with Crippen molar-refractivity contribution in [1.29, 1.82) is 0 Å². The smallest absolute Gasteiger partial charge is 0.182 e. The molecular weight excluding hydrogens is 228 g/mol. The number of hydrogen-bond donors (Lipinski definition) is 1.